The summed E-state index contributed by atoms with van der Waals surface area (Å²) in [5.74, 6) is 0.443. The molecule has 2 aliphatic rings. The van der Waals surface area contributed by atoms with Crippen LogP contribution in [0.1, 0.15) is 25.7 Å². The third kappa shape index (κ3) is 3.98. The van der Waals surface area contributed by atoms with Gasteiger partial charge in [0, 0.05) is 70.5 Å². The van der Waals surface area contributed by atoms with Crippen molar-refractivity contribution in [2.75, 3.05) is 67.5 Å². The first kappa shape index (κ1) is 20.6. The number of anilines is 4. The van der Waals surface area contributed by atoms with E-state index < -0.39 is 0 Å². The van der Waals surface area contributed by atoms with E-state index in [9.17, 15) is 4.79 Å². The Balaban J connectivity index is 1.65. The van der Waals surface area contributed by atoms with E-state index in [0.717, 1.165) is 45.4 Å². The van der Waals surface area contributed by atoms with Crippen molar-refractivity contribution >= 4 is 28.5 Å². The van der Waals surface area contributed by atoms with Gasteiger partial charge < -0.3 is 19.6 Å². The van der Waals surface area contributed by atoms with Crippen LogP contribution in [0.15, 0.2) is 48.5 Å². The highest BCUT2D eigenvalue weighted by Gasteiger charge is 2.45. The molecule has 4 rings (SSSR count). The van der Waals surface area contributed by atoms with Crippen molar-refractivity contribution in [1.29, 1.82) is 0 Å². The molecule has 30 heavy (non-hydrogen) atoms. The lowest BCUT2D eigenvalue weighted by Crippen LogP contribution is -2.60. The van der Waals surface area contributed by atoms with Crippen LogP contribution in [0.3, 0.4) is 0 Å². The fraction of sp³-hybridized carbons (Fsp3) is 0.480. The molecule has 0 atom stereocenters. The Morgan fingerprint density at radius 3 is 1.60 bits per heavy atom. The fourth-order valence-electron chi connectivity index (χ4n) is 4.84. The summed E-state index contributed by atoms with van der Waals surface area (Å²) in [7, 11) is 8.24. The molecule has 1 spiro atoms. The minimum absolute atomic E-state index is 0.267. The largest absolute Gasteiger partial charge is 0.378 e. The van der Waals surface area contributed by atoms with Crippen molar-refractivity contribution in [1.82, 2.24) is 0 Å². The summed E-state index contributed by atoms with van der Waals surface area (Å²) in [6, 6.07) is 17.4. The van der Waals surface area contributed by atoms with Gasteiger partial charge in [0.1, 0.15) is 5.78 Å². The van der Waals surface area contributed by atoms with Crippen LogP contribution in [0.4, 0.5) is 22.7 Å². The molecule has 160 valence electrons. The number of carbonyl (C=O) groups is 1. The number of ketones is 1. The highest BCUT2D eigenvalue weighted by molar-refractivity contribution is 5.87. The van der Waals surface area contributed by atoms with E-state index in [0.29, 0.717) is 5.78 Å². The summed E-state index contributed by atoms with van der Waals surface area (Å²) in [6.45, 7) is 2.44. The minimum atomic E-state index is -0.267. The van der Waals surface area contributed by atoms with Crippen molar-refractivity contribution in [2.24, 2.45) is 5.41 Å². The van der Waals surface area contributed by atoms with Gasteiger partial charge in [0.15, 0.2) is 0 Å². The average Bonchev–Trinajstić information content (AvgIpc) is 2.76. The van der Waals surface area contributed by atoms with E-state index in [1.807, 2.05) is 0 Å². The van der Waals surface area contributed by atoms with Gasteiger partial charge in [0.05, 0.1) is 12.1 Å². The van der Waals surface area contributed by atoms with Gasteiger partial charge in [0.25, 0.3) is 0 Å². The molecular weight excluding hydrogens is 372 g/mol. The summed E-state index contributed by atoms with van der Waals surface area (Å²) in [6.07, 6.45) is 3.90. The van der Waals surface area contributed by atoms with Crippen LogP contribution in [0.5, 0.6) is 0 Å². The molecule has 1 saturated carbocycles. The lowest BCUT2D eigenvalue weighted by molar-refractivity contribution is -0.130. The van der Waals surface area contributed by atoms with Gasteiger partial charge >= 0.3 is 0 Å². The van der Waals surface area contributed by atoms with Crippen molar-refractivity contribution in [2.45, 2.75) is 25.7 Å². The predicted molar refractivity (Wildman–Crippen MR) is 127 cm³/mol. The Morgan fingerprint density at radius 2 is 1.20 bits per heavy atom. The number of benzene rings is 2. The molecule has 5 heteroatoms. The quantitative estimate of drug-likeness (QED) is 0.758. The Labute approximate surface area is 180 Å². The summed E-state index contributed by atoms with van der Waals surface area (Å²) in [5.41, 5.74) is 4.49. The van der Waals surface area contributed by atoms with Gasteiger partial charge in [-0.3, -0.25) is 4.79 Å². The normalized spacial score (nSPS) is 18.6. The molecule has 2 aromatic carbocycles. The molecule has 0 N–H and O–H groups in total. The second-order valence-corrected chi connectivity index (χ2v) is 9.27. The maximum absolute atomic E-state index is 13.1. The predicted octanol–water partition coefficient (Wildman–Crippen LogP) is 4.23. The SMILES string of the molecule is CN(C)c1ccc(N2CN(c3ccc(N(C)C)cc3)CC3(CCCCC3=O)C2)cc1. The van der Waals surface area contributed by atoms with Gasteiger partial charge in [-0.15, -0.1) is 0 Å². The molecule has 0 radical (unpaired) electrons. The van der Waals surface area contributed by atoms with Gasteiger partial charge in [-0.1, -0.05) is 6.42 Å². The molecule has 1 saturated heterocycles. The first-order valence-corrected chi connectivity index (χ1v) is 11.0. The van der Waals surface area contributed by atoms with E-state index in [-0.39, 0.29) is 5.41 Å². The first-order valence-electron chi connectivity index (χ1n) is 11.0. The molecule has 0 bridgehead atoms. The van der Waals surface area contributed by atoms with Crippen LogP contribution >= 0.6 is 0 Å². The monoisotopic (exact) mass is 406 g/mol. The van der Waals surface area contributed by atoms with Gasteiger partial charge in [-0.2, -0.15) is 0 Å². The van der Waals surface area contributed by atoms with E-state index >= 15 is 0 Å². The van der Waals surface area contributed by atoms with Crippen LogP contribution in [-0.2, 0) is 4.79 Å². The van der Waals surface area contributed by atoms with Gasteiger partial charge in [0.2, 0.25) is 0 Å². The van der Waals surface area contributed by atoms with E-state index in [4.69, 9.17) is 0 Å². The fourth-order valence-corrected chi connectivity index (χ4v) is 4.84. The maximum atomic E-state index is 13.1. The van der Waals surface area contributed by atoms with Crippen LogP contribution in [0, 0.1) is 5.41 Å². The lowest BCUT2D eigenvalue weighted by Gasteiger charge is -2.50. The van der Waals surface area contributed by atoms with Crippen LogP contribution < -0.4 is 19.6 Å². The van der Waals surface area contributed by atoms with Crippen molar-refractivity contribution in [3.63, 3.8) is 0 Å². The Kier molecular flexibility index (Phi) is 5.63. The highest BCUT2D eigenvalue weighted by atomic mass is 16.1. The van der Waals surface area contributed by atoms with Crippen molar-refractivity contribution in [3.8, 4) is 0 Å². The molecule has 0 aromatic heterocycles. The number of hydrogen-bond acceptors (Lipinski definition) is 5. The molecular formula is C25H34N4O. The van der Waals surface area contributed by atoms with Gasteiger partial charge in [-0.25, -0.2) is 0 Å². The molecule has 0 unspecified atom stereocenters. The summed E-state index contributed by atoms with van der Waals surface area (Å²) >= 11 is 0. The summed E-state index contributed by atoms with van der Waals surface area (Å²) in [5, 5.41) is 0. The summed E-state index contributed by atoms with van der Waals surface area (Å²) < 4.78 is 0. The molecule has 2 fully saturated rings. The van der Waals surface area contributed by atoms with Crippen molar-refractivity contribution < 1.29 is 4.79 Å². The van der Waals surface area contributed by atoms with E-state index in [1.165, 1.54) is 22.7 Å². The maximum Gasteiger partial charge on any atom is 0.142 e. The third-order valence-electron chi connectivity index (χ3n) is 6.69. The molecule has 0 amide bonds. The molecule has 1 heterocycles. The van der Waals surface area contributed by atoms with Crippen LogP contribution in [-0.4, -0.2) is 53.7 Å². The molecule has 1 aliphatic carbocycles. The van der Waals surface area contributed by atoms with Crippen LogP contribution in [0.25, 0.3) is 0 Å². The zero-order valence-electron chi connectivity index (χ0n) is 18.8. The standard InChI is InChI=1S/C25H34N4O/c1-26(2)20-8-12-22(13-9-20)28-17-25(16-6-5-7-24(25)30)18-29(19-28)23-14-10-21(11-15-23)27(3)4/h8-15H,5-7,16-19H2,1-4H3. The average molecular weight is 407 g/mol. The minimum Gasteiger partial charge on any atom is -0.378 e. The number of hydrogen-bond donors (Lipinski definition) is 0. The number of nitrogens with zero attached hydrogens (tertiary/aromatic N) is 4. The number of carbonyl (C=O) groups excluding carboxylic acids is 1. The molecule has 1 aliphatic heterocycles. The second kappa shape index (κ2) is 8.21. The molecule has 5 nitrogen and oxygen atoms in total. The van der Waals surface area contributed by atoms with E-state index in [1.54, 1.807) is 0 Å². The molecule has 2 aromatic rings. The van der Waals surface area contributed by atoms with E-state index in [2.05, 4.69) is 96.3 Å². The van der Waals surface area contributed by atoms with Crippen LogP contribution in [0.2, 0.25) is 0 Å². The zero-order valence-corrected chi connectivity index (χ0v) is 18.8. The third-order valence-corrected chi connectivity index (χ3v) is 6.69. The second-order valence-electron chi connectivity index (χ2n) is 9.27. The van der Waals surface area contributed by atoms with Crippen molar-refractivity contribution in [3.05, 3.63) is 48.5 Å². The lowest BCUT2D eigenvalue weighted by atomic mass is 9.71. The first-order chi connectivity index (χ1) is 14.4. The number of Topliss-reactive ketones (excluding diaryl/α,β-unsaturated/α-hetero) is 1. The zero-order chi connectivity index (χ0) is 21.3. The Bertz CT molecular complexity index is 814. The Morgan fingerprint density at radius 1 is 0.733 bits per heavy atom. The highest BCUT2D eigenvalue weighted by Crippen LogP contribution is 2.40. The van der Waals surface area contributed by atoms with Gasteiger partial charge in [-0.05, 0) is 61.4 Å². The summed E-state index contributed by atoms with van der Waals surface area (Å²) in [4.78, 5) is 22.2. The Hall–Kier alpha value is -2.69. The topological polar surface area (TPSA) is 30.0 Å². The smallest absolute Gasteiger partial charge is 0.142 e. The number of rotatable bonds is 4.